The molecule has 0 rings (SSSR count). The third-order valence-electron chi connectivity index (χ3n) is 4.56. The van der Waals surface area contributed by atoms with Crippen molar-refractivity contribution in [2.75, 3.05) is 19.8 Å². The van der Waals surface area contributed by atoms with Crippen molar-refractivity contribution in [2.24, 2.45) is 0 Å². The van der Waals surface area contributed by atoms with Crippen LogP contribution in [0.25, 0.3) is 0 Å². The lowest BCUT2D eigenvalue weighted by molar-refractivity contribution is -0.345. The van der Waals surface area contributed by atoms with Crippen molar-refractivity contribution >= 4 is 22.6 Å². The van der Waals surface area contributed by atoms with Gasteiger partial charge in [0.15, 0.2) is 16.6 Å². The number of carbonyl (C=O) groups is 1. The first-order chi connectivity index (χ1) is 14.7. The van der Waals surface area contributed by atoms with E-state index >= 15 is 0 Å². The van der Waals surface area contributed by atoms with Gasteiger partial charge in [-0.25, -0.2) is 13.6 Å². The quantitative estimate of drug-likeness (QED) is 0.0749. The summed E-state index contributed by atoms with van der Waals surface area (Å²) in [6.45, 7) is 10.3. The van der Waals surface area contributed by atoms with Gasteiger partial charge in [0.05, 0.1) is 6.61 Å². The number of rotatable bonds is 16. The Bertz CT molecular complexity index is 658. The second-order valence-electron chi connectivity index (χ2n) is 9.00. The van der Waals surface area contributed by atoms with Crippen molar-refractivity contribution < 1.29 is 53.5 Å². The van der Waals surface area contributed by atoms with Gasteiger partial charge in [-0.2, -0.15) is 26.3 Å². The first-order valence-electron chi connectivity index (χ1n) is 10.2. The SMILES string of the molecule is C=C(C)C(=O)OCCC[Si](C)(C)O[Si](C)(C)CCCOCC(F)(F)C(F)(F)C(F)(F)C(F)F. The summed E-state index contributed by atoms with van der Waals surface area (Å²) in [6, 6.07) is 1.09. The van der Waals surface area contributed by atoms with E-state index in [1.807, 2.05) is 26.2 Å². The number of hydrogen-bond acceptors (Lipinski definition) is 4. The molecule has 33 heavy (non-hydrogen) atoms. The van der Waals surface area contributed by atoms with Crippen LogP contribution in [0.4, 0.5) is 35.1 Å². The Hall–Kier alpha value is -0.996. The summed E-state index contributed by atoms with van der Waals surface area (Å²) in [6.07, 6.45) is -4.24. The van der Waals surface area contributed by atoms with E-state index in [0.29, 0.717) is 24.1 Å². The highest BCUT2D eigenvalue weighted by atomic mass is 28.4. The summed E-state index contributed by atoms with van der Waals surface area (Å²) in [5.74, 6) is -18.4. The molecule has 0 aliphatic carbocycles. The van der Waals surface area contributed by atoms with Crippen LogP contribution in [-0.4, -0.2) is 66.6 Å². The smallest absolute Gasteiger partial charge is 0.380 e. The van der Waals surface area contributed by atoms with E-state index < -0.39 is 60.0 Å². The number of halogens is 8. The molecule has 14 heteroatoms. The molecular formula is C19H32F8O4Si2. The molecule has 0 saturated carbocycles. The van der Waals surface area contributed by atoms with E-state index in [1.54, 1.807) is 0 Å². The first kappa shape index (κ1) is 32.0. The lowest BCUT2D eigenvalue weighted by Gasteiger charge is -2.34. The normalized spacial score (nSPS) is 14.0. The van der Waals surface area contributed by atoms with Crippen molar-refractivity contribution in [1.29, 1.82) is 0 Å². The minimum Gasteiger partial charge on any atom is -0.462 e. The van der Waals surface area contributed by atoms with Gasteiger partial charge < -0.3 is 13.6 Å². The summed E-state index contributed by atoms with van der Waals surface area (Å²) in [5.41, 5.74) is 0.294. The highest BCUT2D eigenvalue weighted by Gasteiger charge is 2.75. The maximum atomic E-state index is 13.4. The standard InChI is InChI=1S/C19H32F8O4Si2/c1-14(2)15(28)30-10-8-12-33(5,6)31-32(3,4)11-7-9-29-13-17(22,23)19(26,27)18(24,25)16(20)21/h16H,1,7-13H2,2-6H3. The molecule has 0 aliphatic heterocycles. The summed E-state index contributed by atoms with van der Waals surface area (Å²) in [5, 5.41) is 0. The van der Waals surface area contributed by atoms with Crippen molar-refractivity contribution in [3.05, 3.63) is 12.2 Å². The van der Waals surface area contributed by atoms with Gasteiger partial charge >= 0.3 is 30.2 Å². The van der Waals surface area contributed by atoms with Crippen LogP contribution in [0.3, 0.4) is 0 Å². The first-order valence-corrected chi connectivity index (χ1v) is 16.4. The molecule has 4 nitrogen and oxygen atoms in total. The van der Waals surface area contributed by atoms with Crippen LogP contribution in [0.15, 0.2) is 12.2 Å². The average molecular weight is 533 g/mol. The fourth-order valence-electron chi connectivity index (χ4n) is 2.91. The predicted molar refractivity (Wildman–Crippen MR) is 112 cm³/mol. The summed E-state index contributed by atoms with van der Waals surface area (Å²) >= 11 is 0. The molecule has 196 valence electrons. The maximum absolute atomic E-state index is 13.4. The molecule has 0 fully saturated rings. The van der Waals surface area contributed by atoms with E-state index in [9.17, 15) is 39.9 Å². The lowest BCUT2D eigenvalue weighted by atomic mass is 10.1. The molecule has 0 aromatic carbocycles. The highest BCUT2D eigenvalue weighted by molar-refractivity contribution is 6.84. The Kier molecular flexibility index (Phi) is 11.7. The molecule has 0 aromatic rings. The van der Waals surface area contributed by atoms with Crippen molar-refractivity contribution in [3.63, 3.8) is 0 Å². The van der Waals surface area contributed by atoms with E-state index in [2.05, 4.69) is 11.3 Å². The Labute approximate surface area is 190 Å². The van der Waals surface area contributed by atoms with Gasteiger partial charge in [0.2, 0.25) is 0 Å². The molecule has 0 heterocycles. The highest BCUT2D eigenvalue weighted by Crippen LogP contribution is 2.48. The zero-order valence-corrected chi connectivity index (χ0v) is 21.4. The van der Waals surface area contributed by atoms with Crippen LogP contribution < -0.4 is 0 Å². The fourth-order valence-corrected chi connectivity index (χ4v) is 11.7. The molecule has 0 spiro atoms. The number of hydrogen-bond donors (Lipinski definition) is 0. The number of carbonyl (C=O) groups excluding carboxylic acids is 1. The third-order valence-corrected chi connectivity index (χ3v) is 12.1. The monoisotopic (exact) mass is 532 g/mol. The number of esters is 1. The second kappa shape index (κ2) is 12.1. The summed E-state index contributed by atoms with van der Waals surface area (Å²) in [7, 11) is -4.47. The fraction of sp³-hybridized carbons (Fsp3) is 0.842. The maximum Gasteiger partial charge on any atom is 0.380 e. The van der Waals surface area contributed by atoms with Crippen LogP contribution in [0.5, 0.6) is 0 Å². The van der Waals surface area contributed by atoms with Crippen LogP contribution in [-0.2, 0) is 18.4 Å². The zero-order valence-electron chi connectivity index (χ0n) is 19.4. The topological polar surface area (TPSA) is 44.8 Å². The van der Waals surface area contributed by atoms with Crippen LogP contribution in [0.1, 0.15) is 19.8 Å². The number of ether oxygens (including phenoxy) is 2. The minimum absolute atomic E-state index is 0.132. The van der Waals surface area contributed by atoms with E-state index in [0.717, 1.165) is 0 Å². The van der Waals surface area contributed by atoms with Crippen LogP contribution >= 0.6 is 0 Å². The van der Waals surface area contributed by atoms with Crippen molar-refractivity contribution in [3.8, 4) is 0 Å². The predicted octanol–water partition coefficient (Wildman–Crippen LogP) is 6.50. The molecule has 0 aliphatic rings. The molecule has 0 bridgehead atoms. The largest absolute Gasteiger partial charge is 0.462 e. The van der Waals surface area contributed by atoms with Gasteiger partial charge in [0, 0.05) is 12.2 Å². The Morgan fingerprint density at radius 3 is 1.79 bits per heavy atom. The van der Waals surface area contributed by atoms with Gasteiger partial charge in [0.1, 0.15) is 6.61 Å². The van der Waals surface area contributed by atoms with Crippen molar-refractivity contribution in [1.82, 2.24) is 0 Å². The van der Waals surface area contributed by atoms with Crippen LogP contribution in [0, 0.1) is 0 Å². The second-order valence-corrected chi connectivity index (χ2v) is 17.9. The molecule has 0 amide bonds. The minimum atomic E-state index is -6.26. The van der Waals surface area contributed by atoms with Gasteiger partial charge in [-0.15, -0.1) is 0 Å². The van der Waals surface area contributed by atoms with E-state index in [-0.39, 0.29) is 13.0 Å². The molecule has 0 atom stereocenters. The molecule has 0 aromatic heterocycles. The number of alkyl halides is 8. The van der Waals surface area contributed by atoms with Crippen LogP contribution in [0.2, 0.25) is 38.3 Å². The summed E-state index contributed by atoms with van der Waals surface area (Å²) in [4.78, 5) is 11.4. The lowest BCUT2D eigenvalue weighted by Crippen LogP contribution is -2.59. The molecule has 0 N–H and O–H groups in total. The zero-order chi connectivity index (χ0) is 26.3. The summed E-state index contributed by atoms with van der Waals surface area (Å²) < 4.78 is 119. The van der Waals surface area contributed by atoms with E-state index in [1.165, 1.54) is 6.92 Å². The van der Waals surface area contributed by atoms with Gasteiger partial charge in [-0.1, -0.05) is 6.58 Å². The van der Waals surface area contributed by atoms with Gasteiger partial charge in [-0.3, -0.25) is 0 Å². The Morgan fingerprint density at radius 1 is 0.909 bits per heavy atom. The third kappa shape index (κ3) is 10.0. The molecule has 0 unspecified atom stereocenters. The molecular weight excluding hydrogens is 500 g/mol. The Balaban J connectivity index is 4.51. The molecule has 0 radical (unpaired) electrons. The average Bonchev–Trinajstić information content (AvgIpc) is 2.63. The Morgan fingerprint density at radius 2 is 1.36 bits per heavy atom. The van der Waals surface area contributed by atoms with Crippen molar-refractivity contribution in [2.45, 2.75) is 82.2 Å². The van der Waals surface area contributed by atoms with Gasteiger partial charge in [-0.05, 0) is 58.0 Å². The van der Waals surface area contributed by atoms with Gasteiger partial charge in [0.25, 0.3) is 0 Å². The van der Waals surface area contributed by atoms with E-state index in [4.69, 9.17) is 8.85 Å². The molecule has 0 saturated heterocycles.